The Bertz CT molecular complexity index is 604. The van der Waals surface area contributed by atoms with Crippen LogP contribution in [0.15, 0.2) is 24.3 Å². The Morgan fingerprint density at radius 3 is 2.74 bits per heavy atom. The summed E-state index contributed by atoms with van der Waals surface area (Å²) in [5.41, 5.74) is -0.345. The molecule has 0 fully saturated rings. The number of nitrogens with one attached hydrogen (secondary N) is 1. The number of thiophene rings is 1. The van der Waals surface area contributed by atoms with Crippen LogP contribution in [0.2, 0.25) is 0 Å². The number of benzene rings is 1. The first-order valence-electron chi connectivity index (χ1n) is 6.04. The smallest absolute Gasteiger partial charge is 0.261 e. The molecule has 5 heteroatoms. The van der Waals surface area contributed by atoms with Crippen LogP contribution >= 0.6 is 11.3 Å². The average molecular weight is 279 g/mol. The normalized spacial score (nSPS) is 14.3. The van der Waals surface area contributed by atoms with E-state index in [4.69, 9.17) is 5.11 Å². The molecule has 102 valence electrons. The summed E-state index contributed by atoms with van der Waals surface area (Å²) in [5, 5.41) is 22.3. The molecule has 2 aromatic rings. The van der Waals surface area contributed by atoms with E-state index in [9.17, 15) is 9.90 Å². The van der Waals surface area contributed by atoms with Gasteiger partial charge in [-0.2, -0.15) is 0 Å². The van der Waals surface area contributed by atoms with Crippen molar-refractivity contribution in [3.8, 4) is 0 Å². The van der Waals surface area contributed by atoms with Crippen molar-refractivity contribution >= 4 is 27.3 Å². The van der Waals surface area contributed by atoms with Crippen molar-refractivity contribution in [3.63, 3.8) is 0 Å². The largest absolute Gasteiger partial charge is 0.393 e. The van der Waals surface area contributed by atoms with Crippen LogP contribution in [0.4, 0.5) is 0 Å². The minimum atomic E-state index is -1.29. The Labute approximate surface area is 115 Å². The van der Waals surface area contributed by atoms with E-state index >= 15 is 0 Å². The van der Waals surface area contributed by atoms with Crippen LogP contribution < -0.4 is 5.32 Å². The summed E-state index contributed by atoms with van der Waals surface area (Å²) in [6, 6.07) is 7.85. The molecule has 1 amide bonds. The fourth-order valence-electron chi connectivity index (χ4n) is 1.80. The van der Waals surface area contributed by atoms with Crippen molar-refractivity contribution in [2.45, 2.75) is 19.4 Å². The maximum atomic E-state index is 12.1. The second-order valence-corrected chi connectivity index (χ2v) is 5.94. The Hall–Kier alpha value is -1.43. The monoisotopic (exact) mass is 279 g/mol. The van der Waals surface area contributed by atoms with Gasteiger partial charge in [-0.05, 0) is 30.9 Å². The summed E-state index contributed by atoms with van der Waals surface area (Å²) >= 11 is 1.43. The van der Waals surface area contributed by atoms with E-state index in [0.717, 1.165) is 15.6 Å². The highest BCUT2D eigenvalue weighted by Crippen LogP contribution is 2.30. The maximum absolute atomic E-state index is 12.1. The summed E-state index contributed by atoms with van der Waals surface area (Å²) in [5.74, 6) is -0.215. The number of aliphatic hydroxyl groups is 2. The van der Waals surface area contributed by atoms with Gasteiger partial charge in [-0.1, -0.05) is 18.2 Å². The molecular weight excluding hydrogens is 262 g/mol. The van der Waals surface area contributed by atoms with Gasteiger partial charge in [0.15, 0.2) is 0 Å². The minimum Gasteiger partial charge on any atom is -0.393 e. The highest BCUT2D eigenvalue weighted by Gasteiger charge is 2.22. The lowest BCUT2D eigenvalue weighted by Crippen LogP contribution is -2.43. The molecule has 0 saturated heterocycles. The minimum absolute atomic E-state index is 0.0238. The van der Waals surface area contributed by atoms with Crippen LogP contribution in [0.25, 0.3) is 10.1 Å². The summed E-state index contributed by atoms with van der Waals surface area (Å²) in [6.45, 7) is 3.03. The molecule has 0 aliphatic carbocycles. The van der Waals surface area contributed by atoms with Gasteiger partial charge in [-0.25, -0.2) is 0 Å². The van der Waals surface area contributed by atoms with Crippen molar-refractivity contribution in [1.82, 2.24) is 5.32 Å². The molecule has 1 aromatic heterocycles. The molecule has 0 spiro atoms. The highest BCUT2D eigenvalue weighted by atomic mass is 32.1. The number of amides is 1. The Balaban J connectivity index is 2.20. The zero-order chi connectivity index (χ0) is 14.0. The van der Waals surface area contributed by atoms with Crippen LogP contribution in [0.1, 0.15) is 22.2 Å². The lowest BCUT2D eigenvalue weighted by atomic mass is 10.1. The first kappa shape index (κ1) is 14.0. The molecule has 1 aromatic carbocycles. The van der Waals surface area contributed by atoms with E-state index in [1.54, 1.807) is 0 Å². The molecule has 0 radical (unpaired) electrons. The van der Waals surface area contributed by atoms with Gasteiger partial charge in [0.2, 0.25) is 0 Å². The number of hydrogen-bond donors (Lipinski definition) is 3. The van der Waals surface area contributed by atoms with Crippen LogP contribution in [-0.2, 0) is 0 Å². The molecule has 0 saturated carbocycles. The van der Waals surface area contributed by atoms with Crippen LogP contribution in [0.5, 0.6) is 0 Å². The molecule has 1 heterocycles. The molecule has 0 aliphatic heterocycles. The second-order valence-electron chi connectivity index (χ2n) is 4.89. The number of carbonyl (C=O) groups is 1. The van der Waals surface area contributed by atoms with Gasteiger partial charge >= 0.3 is 0 Å². The molecule has 0 bridgehead atoms. The first-order chi connectivity index (χ1) is 8.94. The van der Waals surface area contributed by atoms with Crippen molar-refractivity contribution in [2.24, 2.45) is 0 Å². The van der Waals surface area contributed by atoms with Crippen LogP contribution in [0.3, 0.4) is 0 Å². The molecule has 3 N–H and O–H groups in total. The zero-order valence-electron chi connectivity index (χ0n) is 10.9. The zero-order valence-corrected chi connectivity index (χ0v) is 11.8. The van der Waals surface area contributed by atoms with Crippen molar-refractivity contribution in [2.75, 3.05) is 13.2 Å². The van der Waals surface area contributed by atoms with Crippen molar-refractivity contribution < 1.29 is 15.0 Å². The summed E-state index contributed by atoms with van der Waals surface area (Å²) in [7, 11) is 0. The van der Waals surface area contributed by atoms with E-state index in [-0.39, 0.29) is 12.5 Å². The van der Waals surface area contributed by atoms with Gasteiger partial charge in [0.25, 0.3) is 5.91 Å². The maximum Gasteiger partial charge on any atom is 0.261 e. The van der Waals surface area contributed by atoms with E-state index in [1.807, 2.05) is 31.2 Å². The standard InChI is InChI=1S/C14H17NO3S/c1-9-10-5-3-4-6-11(10)19-12(9)13(17)15-7-14(2,18)8-16/h3-6,16,18H,7-8H2,1-2H3,(H,15,17). The van der Waals surface area contributed by atoms with Crippen LogP contribution in [0, 0.1) is 6.92 Å². The van der Waals surface area contributed by atoms with Gasteiger partial charge in [-0.15, -0.1) is 11.3 Å². The molecule has 1 unspecified atom stereocenters. The summed E-state index contributed by atoms with van der Waals surface area (Å²) < 4.78 is 1.07. The predicted molar refractivity (Wildman–Crippen MR) is 76.6 cm³/mol. The molecular formula is C14H17NO3S. The SMILES string of the molecule is Cc1c(C(=O)NCC(C)(O)CO)sc2ccccc12. The summed E-state index contributed by atoms with van der Waals surface area (Å²) in [4.78, 5) is 12.8. The van der Waals surface area contributed by atoms with Gasteiger partial charge in [0.05, 0.1) is 11.5 Å². The summed E-state index contributed by atoms with van der Waals surface area (Å²) in [6.07, 6.45) is 0. The molecule has 1 atom stereocenters. The predicted octanol–water partition coefficient (Wildman–Crippen LogP) is 1.68. The number of aryl methyl sites for hydroxylation is 1. The average Bonchev–Trinajstić information content (AvgIpc) is 2.74. The fraction of sp³-hybridized carbons (Fsp3) is 0.357. The lowest BCUT2D eigenvalue weighted by Gasteiger charge is -2.20. The lowest BCUT2D eigenvalue weighted by molar-refractivity contribution is 0.00323. The number of fused-ring (bicyclic) bond motifs is 1. The fourth-order valence-corrected chi connectivity index (χ4v) is 2.92. The van der Waals surface area contributed by atoms with E-state index < -0.39 is 12.2 Å². The number of hydrogen-bond acceptors (Lipinski definition) is 4. The second kappa shape index (κ2) is 5.28. The third-order valence-corrected chi connectivity index (χ3v) is 4.29. The third-order valence-electron chi connectivity index (χ3n) is 3.02. The molecule has 19 heavy (non-hydrogen) atoms. The number of rotatable bonds is 4. The molecule has 0 aliphatic rings. The third kappa shape index (κ3) is 2.94. The van der Waals surface area contributed by atoms with Crippen LogP contribution in [-0.4, -0.2) is 34.9 Å². The van der Waals surface area contributed by atoms with Gasteiger partial charge in [-0.3, -0.25) is 4.79 Å². The van der Waals surface area contributed by atoms with E-state index in [0.29, 0.717) is 4.88 Å². The molecule has 4 nitrogen and oxygen atoms in total. The van der Waals surface area contributed by atoms with E-state index in [1.165, 1.54) is 18.3 Å². The highest BCUT2D eigenvalue weighted by molar-refractivity contribution is 7.21. The molecule has 2 rings (SSSR count). The Morgan fingerprint density at radius 2 is 2.11 bits per heavy atom. The topological polar surface area (TPSA) is 69.6 Å². The quantitative estimate of drug-likeness (QED) is 0.797. The van der Waals surface area contributed by atoms with Crippen molar-refractivity contribution in [3.05, 3.63) is 34.7 Å². The Morgan fingerprint density at radius 1 is 1.42 bits per heavy atom. The van der Waals surface area contributed by atoms with Gasteiger partial charge < -0.3 is 15.5 Å². The first-order valence-corrected chi connectivity index (χ1v) is 6.86. The van der Waals surface area contributed by atoms with Crippen molar-refractivity contribution in [1.29, 1.82) is 0 Å². The van der Waals surface area contributed by atoms with E-state index in [2.05, 4.69) is 5.32 Å². The Kier molecular flexibility index (Phi) is 3.89. The van der Waals surface area contributed by atoms with Gasteiger partial charge in [0, 0.05) is 11.2 Å². The van der Waals surface area contributed by atoms with Gasteiger partial charge in [0.1, 0.15) is 5.60 Å². The number of aliphatic hydroxyl groups excluding tert-OH is 1. The number of carbonyl (C=O) groups excluding carboxylic acids is 1.